The molecule has 2 rings (SSSR count). The van der Waals surface area contributed by atoms with Crippen LogP contribution in [0.1, 0.15) is 25.5 Å². The minimum atomic E-state index is -0.234. The van der Waals surface area contributed by atoms with Gasteiger partial charge < -0.3 is 10.6 Å². The Labute approximate surface area is 140 Å². The van der Waals surface area contributed by atoms with Crippen molar-refractivity contribution in [3.8, 4) is 0 Å². The zero-order chi connectivity index (χ0) is 16.1. The number of rotatable bonds is 5. The van der Waals surface area contributed by atoms with E-state index in [1.54, 1.807) is 6.07 Å². The molecule has 2 atom stereocenters. The second-order valence-corrected chi connectivity index (χ2v) is 6.13. The number of hydrogen-bond acceptors (Lipinski definition) is 1. The highest BCUT2D eigenvalue weighted by atomic mass is 35.5. The topological polar surface area (TPSA) is 45.7 Å². The van der Waals surface area contributed by atoms with E-state index in [-0.39, 0.29) is 18.0 Å². The lowest BCUT2D eigenvalue weighted by Gasteiger charge is -2.18. The highest BCUT2D eigenvalue weighted by Crippen LogP contribution is 2.24. The van der Waals surface area contributed by atoms with Crippen LogP contribution in [-0.4, -0.2) is 11.9 Å². The van der Waals surface area contributed by atoms with E-state index in [9.17, 15) is 4.79 Å². The molecule has 3 nitrogen and oxygen atoms in total. The van der Waals surface area contributed by atoms with Crippen molar-refractivity contribution in [3.05, 3.63) is 64.1 Å². The Morgan fingerprint density at radius 3 is 2.41 bits per heavy atom. The van der Waals surface area contributed by atoms with Gasteiger partial charge in [-0.2, -0.15) is 0 Å². The van der Waals surface area contributed by atoms with Crippen molar-refractivity contribution in [1.82, 2.24) is 0 Å². The Bertz CT molecular complexity index is 646. The molecule has 0 aromatic heterocycles. The van der Waals surface area contributed by atoms with Crippen molar-refractivity contribution in [1.29, 1.82) is 0 Å². The van der Waals surface area contributed by atoms with Crippen LogP contribution < -0.4 is 10.6 Å². The average Bonchev–Trinajstić information content (AvgIpc) is 2.47. The molecule has 1 amide bonds. The van der Waals surface area contributed by atoms with Crippen LogP contribution in [0.5, 0.6) is 0 Å². The molecule has 0 saturated heterocycles. The standard InChI is InChI=1S/C17H18Cl2N2O/c1-11(15-9-8-13(18)10-16(15)19)20-12(2)17(22)21-14-6-4-3-5-7-14/h3-12,20H,1-2H3,(H,21,22)/p+1/t11-,12+/m1/s1. The van der Waals surface area contributed by atoms with E-state index >= 15 is 0 Å². The van der Waals surface area contributed by atoms with Crippen LogP contribution in [0.15, 0.2) is 48.5 Å². The fourth-order valence-corrected chi connectivity index (χ4v) is 2.85. The Balaban J connectivity index is 1.98. The number of nitrogens with one attached hydrogen (secondary N) is 1. The summed E-state index contributed by atoms with van der Waals surface area (Å²) in [7, 11) is 0. The van der Waals surface area contributed by atoms with Crippen LogP contribution >= 0.6 is 23.2 Å². The molecule has 0 saturated carbocycles. The molecule has 0 aliphatic rings. The Hall–Kier alpha value is -1.55. The van der Waals surface area contributed by atoms with Gasteiger partial charge in [0.05, 0.1) is 5.02 Å². The van der Waals surface area contributed by atoms with Crippen molar-refractivity contribution < 1.29 is 10.1 Å². The van der Waals surface area contributed by atoms with Gasteiger partial charge in [-0.05, 0) is 38.1 Å². The summed E-state index contributed by atoms with van der Waals surface area (Å²) in [6, 6.07) is 14.7. The molecule has 0 bridgehead atoms. The van der Waals surface area contributed by atoms with Crippen LogP contribution in [0.25, 0.3) is 0 Å². The molecule has 0 aliphatic heterocycles. The monoisotopic (exact) mass is 337 g/mol. The molecule has 0 radical (unpaired) electrons. The number of halogens is 2. The van der Waals surface area contributed by atoms with E-state index in [2.05, 4.69) is 5.32 Å². The van der Waals surface area contributed by atoms with E-state index in [1.807, 2.05) is 61.6 Å². The van der Waals surface area contributed by atoms with Gasteiger partial charge in [0.1, 0.15) is 6.04 Å². The SMILES string of the molecule is C[C@H]([NH2+][C@H](C)c1ccc(Cl)cc1Cl)C(=O)Nc1ccccc1. The van der Waals surface area contributed by atoms with Crippen molar-refractivity contribution >= 4 is 34.8 Å². The van der Waals surface area contributed by atoms with E-state index in [1.165, 1.54) is 0 Å². The Morgan fingerprint density at radius 1 is 1.09 bits per heavy atom. The third-order valence-corrected chi connectivity index (χ3v) is 4.05. The second-order valence-electron chi connectivity index (χ2n) is 5.29. The predicted octanol–water partition coefficient (Wildman–Crippen LogP) is 3.65. The molecular formula is C17H19Cl2N2O+. The largest absolute Gasteiger partial charge is 0.330 e. The number of hydrogen-bond donors (Lipinski definition) is 2. The van der Waals surface area contributed by atoms with Crippen LogP contribution in [0, 0.1) is 0 Å². The lowest BCUT2D eigenvalue weighted by atomic mass is 10.1. The molecule has 0 aliphatic carbocycles. The van der Waals surface area contributed by atoms with Gasteiger partial charge in [0.15, 0.2) is 6.04 Å². The van der Waals surface area contributed by atoms with Crippen LogP contribution in [0.4, 0.5) is 5.69 Å². The number of carbonyl (C=O) groups excluding carboxylic acids is 1. The minimum Gasteiger partial charge on any atom is -0.330 e. The van der Waals surface area contributed by atoms with Gasteiger partial charge >= 0.3 is 0 Å². The number of benzene rings is 2. The molecule has 3 N–H and O–H groups in total. The summed E-state index contributed by atoms with van der Waals surface area (Å²) in [5.74, 6) is -0.0388. The first kappa shape index (κ1) is 16.8. The molecule has 2 aromatic carbocycles. The maximum Gasteiger partial charge on any atom is 0.282 e. The van der Waals surface area contributed by atoms with E-state index < -0.39 is 0 Å². The summed E-state index contributed by atoms with van der Waals surface area (Å²) in [5, 5.41) is 6.10. The highest BCUT2D eigenvalue weighted by Gasteiger charge is 2.21. The molecule has 0 heterocycles. The van der Waals surface area contributed by atoms with Gasteiger partial charge in [-0.3, -0.25) is 4.79 Å². The number of carbonyl (C=O) groups is 1. The first-order valence-electron chi connectivity index (χ1n) is 7.13. The summed E-state index contributed by atoms with van der Waals surface area (Å²) in [6.07, 6.45) is 0. The average molecular weight is 338 g/mol. The van der Waals surface area contributed by atoms with Gasteiger partial charge in [0, 0.05) is 16.3 Å². The zero-order valence-electron chi connectivity index (χ0n) is 12.5. The lowest BCUT2D eigenvalue weighted by molar-refractivity contribution is -0.709. The lowest BCUT2D eigenvalue weighted by Crippen LogP contribution is -2.91. The number of nitrogens with two attached hydrogens (primary N) is 1. The maximum absolute atomic E-state index is 12.2. The molecule has 0 spiro atoms. The van der Waals surface area contributed by atoms with Crippen molar-refractivity contribution in [2.45, 2.75) is 25.9 Å². The van der Waals surface area contributed by atoms with E-state index in [0.717, 1.165) is 11.3 Å². The molecule has 116 valence electrons. The fourth-order valence-electron chi connectivity index (χ4n) is 2.27. The third-order valence-electron chi connectivity index (χ3n) is 3.49. The predicted molar refractivity (Wildman–Crippen MR) is 91.3 cm³/mol. The van der Waals surface area contributed by atoms with Crippen molar-refractivity contribution in [2.75, 3.05) is 5.32 Å². The molecule has 0 unspecified atom stereocenters. The van der Waals surface area contributed by atoms with Gasteiger partial charge in [-0.25, -0.2) is 0 Å². The number of anilines is 1. The minimum absolute atomic E-state index is 0.0388. The van der Waals surface area contributed by atoms with Crippen LogP contribution in [-0.2, 0) is 4.79 Å². The number of para-hydroxylation sites is 1. The van der Waals surface area contributed by atoms with Gasteiger partial charge in [-0.1, -0.05) is 47.5 Å². The summed E-state index contributed by atoms with van der Waals surface area (Å²) in [5.41, 5.74) is 1.76. The second kappa shape index (κ2) is 7.63. The first-order chi connectivity index (χ1) is 10.5. The van der Waals surface area contributed by atoms with E-state index in [4.69, 9.17) is 23.2 Å². The van der Waals surface area contributed by atoms with E-state index in [0.29, 0.717) is 10.0 Å². The maximum atomic E-state index is 12.2. The molecule has 0 fully saturated rings. The number of amides is 1. The smallest absolute Gasteiger partial charge is 0.282 e. The Kier molecular flexibility index (Phi) is 5.83. The zero-order valence-corrected chi connectivity index (χ0v) is 14.0. The first-order valence-corrected chi connectivity index (χ1v) is 7.89. The fraction of sp³-hybridized carbons (Fsp3) is 0.235. The summed E-state index contributed by atoms with van der Waals surface area (Å²) in [6.45, 7) is 3.89. The molecule has 5 heteroatoms. The molecule has 22 heavy (non-hydrogen) atoms. The van der Waals surface area contributed by atoms with Gasteiger partial charge in [-0.15, -0.1) is 0 Å². The summed E-state index contributed by atoms with van der Waals surface area (Å²) in [4.78, 5) is 12.2. The highest BCUT2D eigenvalue weighted by molar-refractivity contribution is 6.35. The van der Waals surface area contributed by atoms with Gasteiger partial charge in [0.25, 0.3) is 5.91 Å². The Morgan fingerprint density at radius 2 is 1.77 bits per heavy atom. The normalized spacial score (nSPS) is 13.5. The van der Waals surface area contributed by atoms with Crippen LogP contribution in [0.3, 0.4) is 0 Å². The third kappa shape index (κ3) is 4.47. The summed E-state index contributed by atoms with van der Waals surface area (Å²) >= 11 is 12.1. The number of quaternary nitrogens is 1. The van der Waals surface area contributed by atoms with Crippen molar-refractivity contribution in [3.63, 3.8) is 0 Å². The van der Waals surface area contributed by atoms with Crippen molar-refractivity contribution in [2.24, 2.45) is 0 Å². The van der Waals surface area contributed by atoms with Gasteiger partial charge in [0.2, 0.25) is 0 Å². The molecular weight excluding hydrogens is 319 g/mol. The van der Waals surface area contributed by atoms with Crippen LogP contribution in [0.2, 0.25) is 10.0 Å². The quantitative estimate of drug-likeness (QED) is 0.859. The molecule has 2 aromatic rings. The summed E-state index contributed by atoms with van der Waals surface area (Å²) < 4.78 is 0.